The van der Waals surface area contributed by atoms with Gasteiger partial charge in [-0.25, -0.2) is 9.67 Å². The Morgan fingerprint density at radius 3 is 2.60 bits per heavy atom. The molecule has 1 aromatic heterocycles. The summed E-state index contributed by atoms with van der Waals surface area (Å²) in [6, 6.07) is 15.2. The van der Waals surface area contributed by atoms with Gasteiger partial charge in [-0.05, 0) is 18.2 Å². The average Bonchev–Trinajstić information content (AvgIpc) is 2.84. The lowest BCUT2D eigenvalue weighted by Gasteiger charge is -2.04. The SMILES string of the molecule is Cn1nc(-c2ccccc2)nc1-c1cc(Cl)ccc1N. The van der Waals surface area contributed by atoms with E-state index in [9.17, 15) is 0 Å². The Balaban J connectivity index is 2.12. The molecule has 100 valence electrons. The number of hydrogen-bond donors (Lipinski definition) is 1. The number of nitrogens with two attached hydrogens (primary N) is 1. The second kappa shape index (κ2) is 4.98. The number of aryl methyl sites for hydroxylation is 1. The minimum Gasteiger partial charge on any atom is -0.398 e. The van der Waals surface area contributed by atoms with Crippen molar-refractivity contribution in [1.29, 1.82) is 0 Å². The van der Waals surface area contributed by atoms with Gasteiger partial charge in [0.1, 0.15) is 0 Å². The zero-order valence-electron chi connectivity index (χ0n) is 10.9. The maximum atomic E-state index is 6.03. The zero-order valence-corrected chi connectivity index (χ0v) is 11.7. The first-order valence-electron chi connectivity index (χ1n) is 6.17. The topological polar surface area (TPSA) is 56.7 Å². The lowest BCUT2D eigenvalue weighted by atomic mass is 10.1. The predicted molar refractivity (Wildman–Crippen MR) is 81.3 cm³/mol. The molecule has 3 rings (SSSR count). The van der Waals surface area contributed by atoms with Crippen LogP contribution >= 0.6 is 11.6 Å². The van der Waals surface area contributed by atoms with Crippen molar-refractivity contribution in [3.63, 3.8) is 0 Å². The molecule has 0 saturated heterocycles. The first-order valence-corrected chi connectivity index (χ1v) is 6.55. The smallest absolute Gasteiger partial charge is 0.181 e. The number of aromatic nitrogens is 3. The molecule has 0 radical (unpaired) electrons. The van der Waals surface area contributed by atoms with E-state index in [2.05, 4.69) is 10.1 Å². The lowest BCUT2D eigenvalue weighted by molar-refractivity contribution is 0.777. The number of anilines is 1. The van der Waals surface area contributed by atoms with Crippen LogP contribution < -0.4 is 5.73 Å². The van der Waals surface area contributed by atoms with Crippen LogP contribution in [-0.2, 0) is 7.05 Å². The largest absolute Gasteiger partial charge is 0.398 e. The van der Waals surface area contributed by atoms with Crippen molar-refractivity contribution in [2.24, 2.45) is 7.05 Å². The van der Waals surface area contributed by atoms with Gasteiger partial charge < -0.3 is 5.73 Å². The van der Waals surface area contributed by atoms with E-state index < -0.39 is 0 Å². The molecule has 4 nitrogen and oxygen atoms in total. The van der Waals surface area contributed by atoms with Crippen molar-refractivity contribution < 1.29 is 0 Å². The summed E-state index contributed by atoms with van der Waals surface area (Å²) in [5.41, 5.74) is 8.38. The molecule has 1 heterocycles. The molecule has 0 fully saturated rings. The molecule has 3 aromatic rings. The second-order valence-corrected chi connectivity index (χ2v) is 4.92. The van der Waals surface area contributed by atoms with Crippen LogP contribution in [0.4, 0.5) is 5.69 Å². The summed E-state index contributed by atoms with van der Waals surface area (Å²) in [6.07, 6.45) is 0. The third-order valence-corrected chi connectivity index (χ3v) is 3.29. The van der Waals surface area contributed by atoms with Gasteiger partial charge in [-0.2, -0.15) is 5.10 Å². The Hall–Kier alpha value is -2.33. The first-order chi connectivity index (χ1) is 9.65. The molecular weight excluding hydrogens is 272 g/mol. The summed E-state index contributed by atoms with van der Waals surface area (Å²) < 4.78 is 1.71. The van der Waals surface area contributed by atoms with Gasteiger partial charge in [0.25, 0.3) is 0 Å². The minimum absolute atomic E-state index is 0.624. The van der Waals surface area contributed by atoms with Crippen LogP contribution in [0.2, 0.25) is 5.02 Å². The van der Waals surface area contributed by atoms with Crippen LogP contribution in [0, 0.1) is 0 Å². The molecule has 0 atom stereocenters. The zero-order chi connectivity index (χ0) is 14.1. The van der Waals surface area contributed by atoms with Crippen molar-refractivity contribution in [2.75, 3.05) is 5.73 Å². The molecular formula is C15H13ClN4. The highest BCUT2D eigenvalue weighted by Gasteiger charge is 2.13. The van der Waals surface area contributed by atoms with Crippen molar-refractivity contribution >= 4 is 17.3 Å². The van der Waals surface area contributed by atoms with Gasteiger partial charge in [0.15, 0.2) is 11.6 Å². The highest BCUT2D eigenvalue weighted by atomic mass is 35.5. The van der Waals surface area contributed by atoms with Crippen LogP contribution in [0.3, 0.4) is 0 Å². The van der Waals surface area contributed by atoms with Crippen molar-refractivity contribution in [3.05, 3.63) is 53.6 Å². The Labute approximate surface area is 121 Å². The molecule has 0 bridgehead atoms. The highest BCUT2D eigenvalue weighted by Crippen LogP contribution is 2.28. The monoisotopic (exact) mass is 284 g/mol. The Bertz CT molecular complexity index is 750. The summed E-state index contributed by atoms with van der Waals surface area (Å²) in [5.74, 6) is 1.37. The van der Waals surface area contributed by atoms with Crippen molar-refractivity contribution in [2.45, 2.75) is 0 Å². The molecule has 2 N–H and O–H groups in total. The van der Waals surface area contributed by atoms with Crippen LogP contribution in [0.25, 0.3) is 22.8 Å². The molecule has 0 unspecified atom stereocenters. The number of hydrogen-bond acceptors (Lipinski definition) is 3. The summed E-state index contributed by atoms with van der Waals surface area (Å²) in [6.45, 7) is 0. The standard InChI is InChI=1S/C15H13ClN4/c1-20-15(12-9-11(16)7-8-13(12)17)18-14(19-20)10-5-3-2-4-6-10/h2-9H,17H2,1H3. The summed E-state index contributed by atoms with van der Waals surface area (Å²) >= 11 is 6.03. The van der Waals surface area contributed by atoms with Gasteiger partial charge in [-0.15, -0.1) is 0 Å². The molecule has 0 aliphatic rings. The number of nitrogen functional groups attached to an aromatic ring is 1. The first kappa shape index (κ1) is 12.7. The fourth-order valence-electron chi connectivity index (χ4n) is 2.05. The van der Waals surface area contributed by atoms with E-state index in [1.807, 2.05) is 37.4 Å². The van der Waals surface area contributed by atoms with E-state index in [1.165, 1.54) is 0 Å². The van der Waals surface area contributed by atoms with E-state index in [0.29, 0.717) is 22.4 Å². The molecule has 0 saturated carbocycles. The van der Waals surface area contributed by atoms with Gasteiger partial charge in [-0.3, -0.25) is 0 Å². The van der Waals surface area contributed by atoms with Gasteiger partial charge >= 0.3 is 0 Å². The maximum absolute atomic E-state index is 6.03. The van der Waals surface area contributed by atoms with Crippen LogP contribution in [0.15, 0.2) is 48.5 Å². The number of nitrogens with zero attached hydrogens (tertiary/aromatic N) is 3. The van der Waals surface area contributed by atoms with Gasteiger partial charge in [-0.1, -0.05) is 41.9 Å². The fourth-order valence-corrected chi connectivity index (χ4v) is 2.22. The van der Waals surface area contributed by atoms with E-state index in [4.69, 9.17) is 17.3 Å². The Kier molecular flexibility index (Phi) is 3.16. The van der Waals surface area contributed by atoms with Gasteiger partial charge in [0, 0.05) is 28.9 Å². The number of benzene rings is 2. The summed E-state index contributed by atoms with van der Waals surface area (Å²) in [7, 11) is 1.84. The normalized spacial score (nSPS) is 10.7. The molecule has 0 spiro atoms. The third-order valence-electron chi connectivity index (χ3n) is 3.05. The molecule has 0 amide bonds. The second-order valence-electron chi connectivity index (χ2n) is 4.48. The minimum atomic E-state index is 0.624. The average molecular weight is 285 g/mol. The molecule has 20 heavy (non-hydrogen) atoms. The van der Waals surface area contributed by atoms with Crippen LogP contribution in [0.1, 0.15) is 0 Å². The Morgan fingerprint density at radius 2 is 1.85 bits per heavy atom. The third kappa shape index (κ3) is 2.26. The van der Waals surface area contributed by atoms with Gasteiger partial charge in [0.2, 0.25) is 0 Å². The van der Waals surface area contributed by atoms with E-state index in [0.717, 1.165) is 11.1 Å². The number of halogens is 1. The molecule has 0 aliphatic carbocycles. The van der Waals surface area contributed by atoms with Gasteiger partial charge in [0.05, 0.1) is 0 Å². The molecule has 5 heteroatoms. The maximum Gasteiger partial charge on any atom is 0.181 e. The summed E-state index contributed by atoms with van der Waals surface area (Å²) in [4.78, 5) is 4.57. The number of rotatable bonds is 2. The quantitative estimate of drug-likeness (QED) is 0.734. The fraction of sp³-hybridized carbons (Fsp3) is 0.0667. The highest BCUT2D eigenvalue weighted by molar-refractivity contribution is 6.31. The van der Waals surface area contributed by atoms with Crippen LogP contribution in [-0.4, -0.2) is 14.8 Å². The van der Waals surface area contributed by atoms with Crippen molar-refractivity contribution in [1.82, 2.24) is 14.8 Å². The molecule has 0 aliphatic heterocycles. The van der Waals surface area contributed by atoms with Crippen molar-refractivity contribution in [3.8, 4) is 22.8 Å². The summed E-state index contributed by atoms with van der Waals surface area (Å²) in [5, 5.41) is 5.06. The Morgan fingerprint density at radius 1 is 1.10 bits per heavy atom. The van der Waals surface area contributed by atoms with E-state index in [1.54, 1.807) is 22.9 Å². The van der Waals surface area contributed by atoms with E-state index in [-0.39, 0.29) is 0 Å². The molecule has 2 aromatic carbocycles. The van der Waals surface area contributed by atoms with E-state index >= 15 is 0 Å². The lowest BCUT2D eigenvalue weighted by Crippen LogP contribution is -1.98. The van der Waals surface area contributed by atoms with Crippen LogP contribution in [0.5, 0.6) is 0 Å². The predicted octanol–water partition coefficient (Wildman–Crippen LogP) is 3.38.